The number of esters is 2. The summed E-state index contributed by atoms with van der Waals surface area (Å²) in [5, 5.41) is 23.4. The van der Waals surface area contributed by atoms with Gasteiger partial charge >= 0.3 is 11.9 Å². The maximum absolute atomic E-state index is 17.9. The van der Waals surface area contributed by atoms with E-state index in [1.54, 1.807) is 26.0 Å². The van der Waals surface area contributed by atoms with Crippen LogP contribution in [0, 0.1) is 71.0 Å². The lowest BCUT2D eigenvalue weighted by Gasteiger charge is -2.63. The van der Waals surface area contributed by atoms with Crippen LogP contribution in [0.4, 0.5) is 20.2 Å². The van der Waals surface area contributed by atoms with E-state index in [4.69, 9.17) is 39.1 Å². The number of allylic oxidation sites excluding steroid dienone is 8. The van der Waals surface area contributed by atoms with Gasteiger partial charge in [0.05, 0.1) is 23.6 Å². The van der Waals surface area contributed by atoms with E-state index < -0.39 is 98.4 Å². The summed E-state index contributed by atoms with van der Waals surface area (Å²) in [6.45, 7) is 18.9. The van der Waals surface area contributed by atoms with Gasteiger partial charge in [0.15, 0.2) is 42.9 Å². The van der Waals surface area contributed by atoms with Crippen LogP contribution in [0.15, 0.2) is 101 Å². The Balaban J connectivity index is 0.000000195. The highest BCUT2D eigenvalue weighted by molar-refractivity contribution is 6.07. The molecule has 4 N–H and O–H groups in total. The van der Waals surface area contributed by atoms with Gasteiger partial charge < -0.3 is 44.4 Å². The minimum Gasteiger partial charge on any atom is -0.457 e. The number of carbonyl (C=O) groups excluding carboxylic acids is 4. The lowest BCUT2D eigenvalue weighted by molar-refractivity contribution is -0.277. The van der Waals surface area contributed by atoms with Crippen molar-refractivity contribution in [2.24, 2.45) is 62.2 Å². The lowest BCUT2D eigenvalue weighted by atomic mass is 9.44. The van der Waals surface area contributed by atoms with Crippen LogP contribution in [0.2, 0.25) is 0 Å². The number of aliphatic hydroxyl groups excluding tert-OH is 2. The van der Waals surface area contributed by atoms with Crippen molar-refractivity contribution >= 4 is 40.6 Å². The average Bonchev–Trinajstić information content (AvgIpc) is 1.40. The predicted molar refractivity (Wildman–Crippen MR) is 318 cm³/mol. The number of nitrogens with two attached hydrogens (primary N) is 1. The molecule has 2 aliphatic heterocycles. The van der Waals surface area contributed by atoms with Gasteiger partial charge in [-0.25, -0.2) is 13.8 Å². The molecule has 14 nitrogen and oxygen atoms in total. The Morgan fingerprint density at radius 2 is 1.26 bits per heavy atom. The molecule has 2 saturated heterocycles. The number of nitrogen functional groups attached to an aromatic ring is 1. The molecule has 12 rings (SSSR count). The van der Waals surface area contributed by atoms with Crippen LogP contribution in [0.25, 0.3) is 0 Å². The van der Waals surface area contributed by atoms with Crippen molar-refractivity contribution in [1.82, 2.24) is 0 Å². The number of hydrogen-bond donors (Lipinski definition) is 3. The Kier molecular flexibility index (Phi) is 17.8. The number of alkyl halides is 2. The van der Waals surface area contributed by atoms with Crippen LogP contribution in [0.5, 0.6) is 0 Å². The third kappa shape index (κ3) is 9.21. The number of rotatable bonds is 7. The maximum atomic E-state index is 17.9. The highest BCUT2D eigenvalue weighted by Gasteiger charge is 2.82. The van der Waals surface area contributed by atoms with E-state index in [-0.39, 0.29) is 90.2 Å². The highest BCUT2D eigenvalue weighted by atomic mass is 19.1. The quantitative estimate of drug-likeness (QED) is 0.175. The van der Waals surface area contributed by atoms with Crippen LogP contribution in [-0.4, -0.2) is 107 Å². The van der Waals surface area contributed by atoms with Crippen molar-refractivity contribution in [3.05, 3.63) is 107 Å². The number of aryl methyl sites for hydroxylation is 2. The van der Waals surface area contributed by atoms with Crippen molar-refractivity contribution in [1.29, 1.82) is 0 Å². The van der Waals surface area contributed by atoms with Gasteiger partial charge in [0.2, 0.25) is 11.6 Å². The number of Topliss-reactive ketones (excluding diaryl/α,β-unsaturated/α-hetero) is 1. The van der Waals surface area contributed by atoms with Gasteiger partial charge in [0, 0.05) is 57.9 Å². The number of para-hydroxylation sites is 2. The molecule has 6 saturated carbocycles. The van der Waals surface area contributed by atoms with Gasteiger partial charge in [-0.05, 0) is 144 Å². The zero-order valence-corrected chi connectivity index (χ0v) is 49.4. The summed E-state index contributed by atoms with van der Waals surface area (Å²) >= 11 is 0. The molecule has 17 atom stereocenters. The number of fused-ring (bicyclic) bond motifs is 12. The minimum absolute atomic E-state index is 0. The summed E-state index contributed by atoms with van der Waals surface area (Å²) in [4.78, 5) is 55.6. The highest BCUT2D eigenvalue weighted by Crippen LogP contribution is 2.75. The second kappa shape index (κ2) is 23.1. The fourth-order valence-corrected chi connectivity index (χ4v) is 18.2. The third-order valence-corrected chi connectivity index (χ3v) is 22.4. The van der Waals surface area contributed by atoms with E-state index in [2.05, 4.69) is 13.8 Å². The molecule has 0 radical (unpaired) electrons. The van der Waals surface area contributed by atoms with E-state index in [0.717, 1.165) is 45.8 Å². The molecule has 8 fully saturated rings. The number of ketones is 2. The molecule has 1 unspecified atom stereocenters. The SMILES string of the molecule is C.C.CCC(=O)OCC(=O)[C@@]1(OC(=O)CC)[C@@H](C)C[C@H]2[C@@H]3CCC4=CC(=Nc5ccccc5C)C=C[C@]4(C)[C@@]3(F)[C@@H](O)C[C@@]21C.C[C@H]1C[C@H]2[C@@H]3CCC4=CC(=O)C=C[C@]4(C)[C@@]3(F)[C@@H](O)C[C@]2(C)[C@]12OCOC21COCO1.Cc1ccccc1N. The Morgan fingerprint density at radius 3 is 1.83 bits per heavy atom. The van der Waals surface area contributed by atoms with Gasteiger partial charge in [-0.3, -0.25) is 19.2 Å². The Morgan fingerprint density at radius 1 is 0.714 bits per heavy atom. The molecule has 2 aromatic rings. The molecule has 0 bridgehead atoms. The van der Waals surface area contributed by atoms with E-state index >= 15 is 8.78 Å². The molecule has 2 heterocycles. The van der Waals surface area contributed by atoms with Crippen LogP contribution in [0.1, 0.15) is 146 Å². The van der Waals surface area contributed by atoms with E-state index in [9.17, 15) is 29.4 Å². The number of ether oxygens (including phenoxy) is 6. The molecular formula is C68H92F2N2O12. The number of halogens is 2. The van der Waals surface area contributed by atoms with Crippen molar-refractivity contribution in [2.75, 3.05) is 32.5 Å². The van der Waals surface area contributed by atoms with Crippen molar-refractivity contribution in [3.8, 4) is 0 Å². The maximum Gasteiger partial charge on any atom is 0.306 e. The fraction of sp³-hybridized carbons (Fsp3) is 0.632. The van der Waals surface area contributed by atoms with Crippen molar-refractivity contribution < 1.29 is 66.6 Å². The molecule has 2 aromatic carbocycles. The topological polar surface area (TPSA) is 202 Å². The Hall–Kier alpha value is -5.23. The first kappa shape index (κ1) is 64.8. The lowest BCUT2D eigenvalue weighted by Crippen LogP contribution is -2.71. The molecule has 16 heteroatoms. The number of benzene rings is 2. The van der Waals surface area contributed by atoms with Crippen LogP contribution in [-0.2, 0) is 47.6 Å². The largest absolute Gasteiger partial charge is 0.457 e. The zero-order chi connectivity index (χ0) is 59.2. The van der Waals surface area contributed by atoms with Gasteiger partial charge in [0.25, 0.3) is 0 Å². The molecule has 8 aliphatic carbocycles. The van der Waals surface area contributed by atoms with E-state index in [1.165, 1.54) is 6.08 Å². The standard InChI is InChI=1S/C35H44FNO6.C24H31FO6.C7H9N.2CH4/c1-7-30(40)42-20-29(39)35(43-31(41)8-2)22(4)17-26-25-14-13-23-18-24(37-27-12-10-9-11-21(27)3)15-16-32(23,5)34(25,36)28(38)19-33(26,35)6;1-14-8-18-17-5-4-15-9-16(26)6-7-20(15,2)23(17,25)19(27)10-21(18,3)24(14)22(30-13-31-24)11-28-12-29-22;1-6-4-2-3-5-7(6)8;;/h9-12,15-16,18,22,25-26,28,38H,7-8,13-14,17,19-20H2,1-6H3;6-7,9,14,17-19,27H,4-5,8,10-13H2,1-3H3;2-5H,8H2,1H3;2*1H4/t22-,25-,26-,28-,32-,33-,34-,35-;14-,17-,18-,19-,20-,21-,22?,23-,24+;;;/m00.../s1. The Bertz CT molecular complexity index is 3020. The molecule has 10 aliphatic rings. The molecule has 84 heavy (non-hydrogen) atoms. The first-order chi connectivity index (χ1) is 38.7. The van der Waals surface area contributed by atoms with Crippen LogP contribution in [0.3, 0.4) is 0 Å². The summed E-state index contributed by atoms with van der Waals surface area (Å²) < 4.78 is 70.5. The van der Waals surface area contributed by atoms with Crippen LogP contribution >= 0.6 is 0 Å². The summed E-state index contributed by atoms with van der Waals surface area (Å²) in [6.07, 6.45) is 11.7. The summed E-state index contributed by atoms with van der Waals surface area (Å²) in [5.74, 6) is -4.42. The van der Waals surface area contributed by atoms with Crippen molar-refractivity contribution in [3.63, 3.8) is 0 Å². The molecule has 0 aromatic heterocycles. The minimum atomic E-state index is -2.01. The van der Waals surface area contributed by atoms with Gasteiger partial charge in [0.1, 0.15) is 12.2 Å². The molecule has 460 valence electrons. The third-order valence-electron chi connectivity index (χ3n) is 22.4. The summed E-state index contributed by atoms with van der Waals surface area (Å²) in [7, 11) is 0. The average molecular weight is 1170 g/mol. The number of hydrogen-bond acceptors (Lipinski definition) is 14. The van der Waals surface area contributed by atoms with Gasteiger partial charge in [-0.2, -0.15) is 0 Å². The number of carbonyl (C=O) groups is 4. The summed E-state index contributed by atoms with van der Waals surface area (Å²) in [5.41, 5.74) is 1.91. The van der Waals surface area contributed by atoms with Gasteiger partial charge in [-0.15, -0.1) is 0 Å². The number of nitrogens with zero attached hydrogens (tertiary/aromatic N) is 1. The van der Waals surface area contributed by atoms with E-state index in [1.807, 2.05) is 108 Å². The zero-order valence-electron chi connectivity index (χ0n) is 49.4. The number of anilines is 1. The second-order valence-electron chi connectivity index (χ2n) is 26.1. The molecule has 2 spiro atoms. The first-order valence-electron chi connectivity index (χ1n) is 29.7. The number of aliphatic imine (C=N–C) groups is 1. The monoisotopic (exact) mass is 1170 g/mol. The second-order valence-corrected chi connectivity index (χ2v) is 26.1. The van der Waals surface area contributed by atoms with Crippen molar-refractivity contribution in [2.45, 2.75) is 189 Å². The fourth-order valence-electron chi connectivity index (χ4n) is 18.2. The van der Waals surface area contributed by atoms with Crippen LogP contribution < -0.4 is 5.73 Å². The smallest absolute Gasteiger partial charge is 0.306 e. The van der Waals surface area contributed by atoms with E-state index in [0.29, 0.717) is 32.1 Å². The molecule has 0 amide bonds. The number of aliphatic hydroxyl groups is 2. The normalized spacial score (nSPS) is 42.1. The Labute approximate surface area is 496 Å². The summed E-state index contributed by atoms with van der Waals surface area (Å²) in [6, 6.07) is 15.7. The first-order valence-corrected chi connectivity index (χ1v) is 29.7. The van der Waals surface area contributed by atoms with Gasteiger partial charge in [-0.1, -0.05) is 116 Å². The predicted octanol–water partition coefficient (Wildman–Crippen LogP) is 12.2. The molecular weight excluding hydrogens is 1070 g/mol.